The zero-order valence-electron chi connectivity index (χ0n) is 32.9. The van der Waals surface area contributed by atoms with Crippen molar-refractivity contribution >= 4 is 29.8 Å². The van der Waals surface area contributed by atoms with Crippen molar-refractivity contribution < 1.29 is 56.8 Å². The molecule has 3 aliphatic carbocycles. The third-order valence-electron chi connectivity index (χ3n) is 13.2. The first-order valence-corrected chi connectivity index (χ1v) is 18.7. The van der Waals surface area contributed by atoms with Crippen molar-refractivity contribution in [1.82, 2.24) is 0 Å². The Hall–Kier alpha value is -3.93. The summed E-state index contributed by atoms with van der Waals surface area (Å²) < 4.78 is 42.9. The van der Waals surface area contributed by atoms with Crippen molar-refractivity contribution in [1.29, 1.82) is 0 Å². The van der Waals surface area contributed by atoms with E-state index in [0.717, 1.165) is 11.1 Å². The van der Waals surface area contributed by atoms with Gasteiger partial charge in [0.25, 0.3) is 0 Å². The average Bonchev–Trinajstić information content (AvgIpc) is 3.84. The van der Waals surface area contributed by atoms with Crippen LogP contribution in [0.3, 0.4) is 0 Å². The summed E-state index contributed by atoms with van der Waals surface area (Å²) >= 11 is 0. The van der Waals surface area contributed by atoms with Crippen molar-refractivity contribution in [3.05, 3.63) is 47.0 Å². The number of furan rings is 1. The molecule has 0 amide bonds. The first-order chi connectivity index (χ1) is 24.9. The molecule has 1 aliphatic heterocycles. The van der Waals surface area contributed by atoms with Crippen LogP contribution in [0.5, 0.6) is 0 Å². The number of rotatable bonds is 11. The molecule has 2 heterocycles. The minimum atomic E-state index is -1.27. The van der Waals surface area contributed by atoms with Crippen LogP contribution in [0.1, 0.15) is 106 Å². The van der Waals surface area contributed by atoms with Crippen LogP contribution in [0.4, 0.5) is 0 Å². The monoisotopic (exact) mass is 740 g/mol. The maximum Gasteiger partial charge on any atom is 0.333 e. The fourth-order valence-electron chi connectivity index (χ4n) is 10.4. The summed E-state index contributed by atoms with van der Waals surface area (Å²) in [4.78, 5) is 66.9. The number of methoxy groups -OCH3 is 1. The third-order valence-corrected chi connectivity index (χ3v) is 13.2. The lowest BCUT2D eigenvalue weighted by molar-refractivity contribution is -0.261. The van der Waals surface area contributed by atoms with E-state index in [1.165, 1.54) is 21.0 Å². The van der Waals surface area contributed by atoms with Crippen molar-refractivity contribution in [2.45, 2.75) is 131 Å². The quantitative estimate of drug-likeness (QED) is 0.107. The molecule has 4 aliphatic rings. The Balaban J connectivity index is 1.86. The Labute approximate surface area is 312 Å². The van der Waals surface area contributed by atoms with Crippen molar-refractivity contribution in [3.63, 3.8) is 0 Å². The maximum atomic E-state index is 14.0. The average molecular weight is 741 g/mol. The smallest absolute Gasteiger partial charge is 0.333 e. The van der Waals surface area contributed by atoms with E-state index in [0.29, 0.717) is 24.0 Å². The van der Waals surface area contributed by atoms with E-state index in [4.69, 9.17) is 32.8 Å². The molecule has 12 heteroatoms. The summed E-state index contributed by atoms with van der Waals surface area (Å²) in [5.41, 5.74) is -0.326. The van der Waals surface area contributed by atoms with Crippen molar-refractivity contribution in [2.75, 3.05) is 13.7 Å². The molecule has 0 spiro atoms. The molecule has 12 nitrogen and oxygen atoms in total. The maximum absolute atomic E-state index is 14.0. The van der Waals surface area contributed by atoms with Crippen LogP contribution >= 0.6 is 0 Å². The van der Waals surface area contributed by atoms with Gasteiger partial charge in [0.1, 0.15) is 24.4 Å². The van der Waals surface area contributed by atoms with Gasteiger partial charge in [0.05, 0.1) is 38.3 Å². The predicted molar refractivity (Wildman–Crippen MR) is 191 cm³/mol. The molecule has 3 fully saturated rings. The molecule has 0 bridgehead atoms. The second-order valence-electron chi connectivity index (χ2n) is 16.1. The number of carbonyl (C=O) groups excluding carboxylic acids is 5. The van der Waals surface area contributed by atoms with Crippen LogP contribution in [0.15, 0.2) is 45.8 Å². The number of allylic oxidation sites excluding steroid dienone is 2. The largest absolute Gasteiger partial charge is 0.472 e. The predicted octanol–water partition coefficient (Wildman–Crippen LogP) is 6.41. The number of hydrogen-bond acceptors (Lipinski definition) is 12. The molecule has 5 rings (SSSR count). The molecule has 292 valence electrons. The topological polar surface area (TPSA) is 154 Å². The van der Waals surface area contributed by atoms with Crippen LogP contribution < -0.4 is 0 Å². The minimum Gasteiger partial charge on any atom is -0.472 e. The van der Waals surface area contributed by atoms with Crippen molar-refractivity contribution in [3.8, 4) is 0 Å². The van der Waals surface area contributed by atoms with Gasteiger partial charge < -0.3 is 32.8 Å². The van der Waals surface area contributed by atoms with E-state index in [9.17, 15) is 24.0 Å². The number of ether oxygens (including phenoxy) is 6. The lowest BCUT2D eigenvalue weighted by Crippen LogP contribution is -2.72. The molecule has 53 heavy (non-hydrogen) atoms. The van der Waals surface area contributed by atoms with Crippen LogP contribution in [0.25, 0.3) is 0 Å². The first kappa shape index (κ1) is 40.3. The van der Waals surface area contributed by atoms with Gasteiger partial charge in [-0.1, -0.05) is 46.3 Å². The van der Waals surface area contributed by atoms with Gasteiger partial charge in [0.15, 0.2) is 0 Å². The normalized spacial score (nSPS) is 37.0. The van der Waals surface area contributed by atoms with E-state index < -0.39 is 94.4 Å². The van der Waals surface area contributed by atoms with Crippen LogP contribution in [-0.2, 0) is 52.4 Å². The molecular formula is C41H56O12. The van der Waals surface area contributed by atoms with Gasteiger partial charge in [-0.15, -0.1) is 0 Å². The highest BCUT2D eigenvalue weighted by Gasteiger charge is 2.77. The molecule has 1 saturated heterocycles. The Morgan fingerprint density at radius 3 is 2.23 bits per heavy atom. The molecule has 12 atom stereocenters. The Morgan fingerprint density at radius 2 is 1.66 bits per heavy atom. The van der Waals surface area contributed by atoms with Gasteiger partial charge in [-0.25, -0.2) is 4.79 Å². The fourth-order valence-corrected chi connectivity index (χ4v) is 10.4. The van der Waals surface area contributed by atoms with E-state index in [2.05, 4.69) is 0 Å². The van der Waals surface area contributed by atoms with Gasteiger partial charge >= 0.3 is 29.8 Å². The molecule has 0 aromatic carbocycles. The van der Waals surface area contributed by atoms with Crippen molar-refractivity contribution in [2.24, 2.45) is 34.0 Å². The molecular weight excluding hydrogens is 684 g/mol. The Morgan fingerprint density at radius 1 is 0.981 bits per heavy atom. The number of esters is 5. The van der Waals surface area contributed by atoms with Crippen LogP contribution in [0, 0.1) is 34.0 Å². The summed E-state index contributed by atoms with van der Waals surface area (Å²) in [6.45, 7) is 17.9. The van der Waals surface area contributed by atoms with Crippen LogP contribution in [0.2, 0.25) is 0 Å². The highest BCUT2D eigenvalue weighted by atomic mass is 16.6. The van der Waals surface area contributed by atoms with Gasteiger partial charge in [-0.05, 0) is 56.7 Å². The van der Waals surface area contributed by atoms with Gasteiger partial charge in [-0.2, -0.15) is 0 Å². The zero-order valence-corrected chi connectivity index (χ0v) is 32.9. The van der Waals surface area contributed by atoms with Crippen LogP contribution in [-0.4, -0.2) is 74.1 Å². The summed E-state index contributed by atoms with van der Waals surface area (Å²) in [6, 6.07) is 1.87. The second kappa shape index (κ2) is 15.1. The van der Waals surface area contributed by atoms with E-state index in [1.807, 2.05) is 40.7 Å². The zero-order chi connectivity index (χ0) is 39.2. The minimum absolute atomic E-state index is 0.141. The SMILES string of the molecule is C/C=C(\C)C(=O)O[C@@H]1[C@@H]2OC[C@@]3(C)C2[C@](C)([C@@H](OC(=O)C(C)CC)C[C@H]3OC(C)=O)[C@@H](CC(=O)OC)[C@]1(C)C1=C(C)[C@H](c2ccoc2)C[C@@H]1OC(C)=O. The standard InChI is InChI=1S/C41H56O12/c1-12-21(3)37(45)52-31-18-30(51-25(7)43)39(8)20-49-34-35(39)40(31,9)29(17-32(44)47-11)41(10,36(34)53-38(46)22(4)13-2)33-23(5)27(26-14-15-48-19-26)16-28(33)50-24(6)42/h13-15,19,21,27-31,34-36H,12,16-18,20H2,1-11H3/b22-13+/t21?,27-,28+,29-,30-,31+,34-,35?,36-,39-,40+,41-/m1/s1. The molecule has 2 saturated carbocycles. The lowest BCUT2D eigenvalue weighted by atomic mass is 9.39. The second-order valence-corrected chi connectivity index (χ2v) is 16.1. The molecule has 1 aromatic rings. The molecule has 0 radical (unpaired) electrons. The highest BCUT2D eigenvalue weighted by molar-refractivity contribution is 5.88. The van der Waals surface area contributed by atoms with E-state index in [-0.39, 0.29) is 25.4 Å². The highest BCUT2D eigenvalue weighted by Crippen LogP contribution is 2.72. The van der Waals surface area contributed by atoms with E-state index >= 15 is 0 Å². The Bertz CT molecular complexity index is 1660. The summed E-state index contributed by atoms with van der Waals surface area (Å²) in [7, 11) is 1.32. The first-order valence-electron chi connectivity index (χ1n) is 18.7. The summed E-state index contributed by atoms with van der Waals surface area (Å²) in [6.07, 6.45) is 1.63. The molecule has 2 unspecified atom stereocenters. The lowest BCUT2D eigenvalue weighted by Gasteiger charge is -2.66. The Kier molecular flexibility index (Phi) is 11.4. The fraction of sp³-hybridized carbons (Fsp3) is 0.683. The van der Waals surface area contributed by atoms with Gasteiger partial charge in [0.2, 0.25) is 0 Å². The third kappa shape index (κ3) is 6.74. The van der Waals surface area contributed by atoms with E-state index in [1.54, 1.807) is 39.4 Å². The summed E-state index contributed by atoms with van der Waals surface area (Å²) in [5, 5.41) is 0. The summed E-state index contributed by atoms with van der Waals surface area (Å²) in [5.74, 6) is -4.43. The van der Waals surface area contributed by atoms with Gasteiger partial charge in [0, 0.05) is 60.3 Å². The number of carbonyl (C=O) groups is 5. The molecule has 0 N–H and O–H groups in total. The van der Waals surface area contributed by atoms with Gasteiger partial charge in [-0.3, -0.25) is 19.2 Å². The number of hydrogen-bond donors (Lipinski definition) is 0. The molecule has 1 aromatic heterocycles.